The quantitative estimate of drug-likeness (QED) is 0.222. The molecule has 2 aromatic rings. The Morgan fingerprint density at radius 2 is 1.97 bits per heavy atom. The van der Waals surface area contributed by atoms with Gasteiger partial charge in [-0.15, -0.1) is 0 Å². The van der Waals surface area contributed by atoms with Gasteiger partial charge in [0.1, 0.15) is 6.04 Å². The van der Waals surface area contributed by atoms with Gasteiger partial charge < -0.3 is 19.9 Å². The van der Waals surface area contributed by atoms with Gasteiger partial charge in [0, 0.05) is 10.6 Å². The van der Waals surface area contributed by atoms with Crippen molar-refractivity contribution in [1.82, 2.24) is 10.7 Å². The third-order valence-corrected chi connectivity index (χ3v) is 5.34. The second-order valence-electron chi connectivity index (χ2n) is 7.16. The number of carboxylic acids is 1. The smallest absolute Gasteiger partial charge is 0.341 e. The van der Waals surface area contributed by atoms with Gasteiger partial charge in [0.15, 0.2) is 18.1 Å². The van der Waals surface area contributed by atoms with Crippen molar-refractivity contribution >= 4 is 58.2 Å². The van der Waals surface area contributed by atoms with Gasteiger partial charge in [0.25, 0.3) is 11.8 Å². The summed E-state index contributed by atoms with van der Waals surface area (Å²) in [6.45, 7) is 3.10. The molecule has 0 saturated carbocycles. The van der Waals surface area contributed by atoms with Crippen molar-refractivity contribution in [3.63, 3.8) is 0 Å². The lowest BCUT2D eigenvalue weighted by molar-refractivity contribution is -0.139. The Kier molecular flexibility index (Phi) is 9.92. The SMILES string of the molecule is COc1cc(C=NNC(=O)C(NC(=O)c2cccc(Cl)c2)C(C)C)cc(I)c1OCC(=O)O. The fourth-order valence-electron chi connectivity index (χ4n) is 2.72. The van der Waals surface area contributed by atoms with Crippen LogP contribution in [0, 0.1) is 9.49 Å². The molecule has 1 unspecified atom stereocenters. The molecule has 0 aliphatic carbocycles. The van der Waals surface area contributed by atoms with E-state index in [1.165, 1.54) is 19.4 Å². The summed E-state index contributed by atoms with van der Waals surface area (Å²) < 4.78 is 11.1. The van der Waals surface area contributed by atoms with Crippen LogP contribution in [0.2, 0.25) is 5.02 Å². The predicted molar refractivity (Wildman–Crippen MR) is 132 cm³/mol. The highest BCUT2D eigenvalue weighted by Gasteiger charge is 2.24. The molecule has 176 valence electrons. The van der Waals surface area contributed by atoms with Crippen LogP contribution in [-0.4, -0.2) is 48.9 Å². The van der Waals surface area contributed by atoms with Gasteiger partial charge >= 0.3 is 5.97 Å². The third-order valence-electron chi connectivity index (χ3n) is 4.30. The monoisotopic (exact) mass is 587 g/mol. The zero-order chi connectivity index (χ0) is 24.5. The summed E-state index contributed by atoms with van der Waals surface area (Å²) in [5, 5.41) is 15.9. The number of ether oxygens (including phenoxy) is 2. The molecule has 2 amide bonds. The number of benzene rings is 2. The Hall–Kier alpha value is -2.86. The number of nitrogens with zero attached hydrogens (tertiary/aromatic N) is 1. The van der Waals surface area contributed by atoms with E-state index in [0.29, 0.717) is 31.2 Å². The van der Waals surface area contributed by atoms with Crippen molar-refractivity contribution in [2.45, 2.75) is 19.9 Å². The molecule has 2 rings (SSSR count). The minimum atomic E-state index is -1.11. The fraction of sp³-hybridized carbons (Fsp3) is 0.273. The first-order valence-corrected chi connectivity index (χ1v) is 11.2. The normalized spacial score (nSPS) is 11.8. The van der Waals surface area contributed by atoms with Crippen molar-refractivity contribution in [3.8, 4) is 11.5 Å². The minimum Gasteiger partial charge on any atom is -0.493 e. The lowest BCUT2D eigenvalue weighted by Crippen LogP contribution is -2.48. The van der Waals surface area contributed by atoms with Crippen molar-refractivity contribution in [2.24, 2.45) is 11.0 Å². The van der Waals surface area contributed by atoms with Gasteiger partial charge in [-0.3, -0.25) is 9.59 Å². The van der Waals surface area contributed by atoms with E-state index in [9.17, 15) is 14.4 Å². The van der Waals surface area contributed by atoms with Crippen molar-refractivity contribution in [3.05, 3.63) is 56.1 Å². The summed E-state index contributed by atoms with van der Waals surface area (Å²) in [4.78, 5) is 35.9. The second-order valence-corrected chi connectivity index (χ2v) is 8.75. The van der Waals surface area contributed by atoms with Gasteiger partial charge in [-0.25, -0.2) is 10.2 Å². The van der Waals surface area contributed by atoms with Crippen LogP contribution in [0.15, 0.2) is 41.5 Å². The van der Waals surface area contributed by atoms with E-state index in [1.807, 2.05) is 22.6 Å². The molecule has 33 heavy (non-hydrogen) atoms. The summed E-state index contributed by atoms with van der Waals surface area (Å²) in [7, 11) is 1.43. The molecule has 0 bridgehead atoms. The van der Waals surface area contributed by atoms with Gasteiger partial charge in [0.2, 0.25) is 0 Å². The van der Waals surface area contributed by atoms with Gasteiger partial charge in [0.05, 0.1) is 16.9 Å². The summed E-state index contributed by atoms with van der Waals surface area (Å²) in [6, 6.07) is 8.89. The van der Waals surface area contributed by atoms with Crippen LogP contribution in [0.3, 0.4) is 0 Å². The number of carbonyl (C=O) groups excluding carboxylic acids is 2. The summed E-state index contributed by atoms with van der Waals surface area (Å²) in [5.74, 6) is -1.60. The van der Waals surface area contributed by atoms with Gasteiger partial charge in [-0.2, -0.15) is 5.10 Å². The largest absolute Gasteiger partial charge is 0.493 e. The van der Waals surface area contributed by atoms with E-state index in [-0.39, 0.29) is 5.92 Å². The minimum absolute atomic E-state index is 0.199. The summed E-state index contributed by atoms with van der Waals surface area (Å²) in [6.07, 6.45) is 1.40. The number of amides is 2. The number of hydrogen-bond donors (Lipinski definition) is 3. The number of nitrogens with one attached hydrogen (secondary N) is 2. The van der Waals surface area contributed by atoms with E-state index in [4.69, 9.17) is 26.2 Å². The summed E-state index contributed by atoms with van der Waals surface area (Å²) >= 11 is 7.91. The van der Waals surface area contributed by atoms with E-state index >= 15 is 0 Å². The van der Waals surface area contributed by atoms with E-state index < -0.39 is 30.4 Å². The molecule has 3 N–H and O–H groups in total. The molecule has 2 aromatic carbocycles. The van der Waals surface area contributed by atoms with Crippen molar-refractivity contribution in [2.75, 3.05) is 13.7 Å². The van der Waals surface area contributed by atoms with Gasteiger partial charge in [-0.05, 0) is 64.4 Å². The van der Waals surface area contributed by atoms with Crippen LogP contribution < -0.4 is 20.2 Å². The molecule has 0 aliphatic rings. The lowest BCUT2D eigenvalue weighted by atomic mass is 10.0. The van der Waals surface area contributed by atoms with E-state index in [2.05, 4.69) is 15.8 Å². The third kappa shape index (κ3) is 7.90. The van der Waals surface area contributed by atoms with Crippen LogP contribution >= 0.6 is 34.2 Å². The average Bonchev–Trinajstić information content (AvgIpc) is 2.75. The predicted octanol–water partition coefficient (Wildman–Crippen LogP) is 3.32. The first-order valence-electron chi connectivity index (χ1n) is 9.73. The fourth-order valence-corrected chi connectivity index (χ4v) is 3.69. The van der Waals surface area contributed by atoms with Crippen LogP contribution in [0.5, 0.6) is 11.5 Å². The molecule has 0 spiro atoms. The first-order chi connectivity index (χ1) is 15.6. The summed E-state index contributed by atoms with van der Waals surface area (Å²) in [5.41, 5.74) is 3.36. The second kappa shape index (κ2) is 12.4. The Morgan fingerprint density at radius 1 is 1.24 bits per heavy atom. The lowest BCUT2D eigenvalue weighted by Gasteiger charge is -2.20. The Balaban J connectivity index is 2.09. The topological polar surface area (TPSA) is 126 Å². The molecule has 0 fully saturated rings. The Labute approximate surface area is 209 Å². The van der Waals surface area contributed by atoms with Crippen molar-refractivity contribution in [1.29, 1.82) is 0 Å². The maximum atomic E-state index is 12.6. The molecular weight excluding hydrogens is 565 g/mol. The number of aliphatic carboxylic acids is 1. The maximum Gasteiger partial charge on any atom is 0.341 e. The zero-order valence-electron chi connectivity index (χ0n) is 18.1. The number of carboxylic acid groups (broad SMARTS) is 1. The Bertz CT molecular complexity index is 1060. The van der Waals surface area contributed by atoms with E-state index in [0.717, 1.165) is 0 Å². The molecular formula is C22H23ClIN3O6. The first kappa shape index (κ1) is 26.4. The highest BCUT2D eigenvalue weighted by atomic mass is 127. The Morgan fingerprint density at radius 3 is 2.58 bits per heavy atom. The van der Waals surface area contributed by atoms with Crippen LogP contribution in [0.25, 0.3) is 0 Å². The van der Waals surface area contributed by atoms with Crippen LogP contribution in [-0.2, 0) is 9.59 Å². The zero-order valence-corrected chi connectivity index (χ0v) is 21.0. The number of carbonyl (C=O) groups is 3. The standard InChI is InChI=1S/C22H23ClIN3O6/c1-12(2)19(26-21(30)14-5-4-6-15(23)9-14)22(31)27-25-10-13-7-16(24)20(17(8-13)32-3)33-11-18(28)29/h4-10,12,19H,11H2,1-3H3,(H,26,30)(H,27,31)(H,28,29). The molecule has 11 heteroatoms. The van der Waals surface area contributed by atoms with Crippen LogP contribution in [0.4, 0.5) is 0 Å². The highest BCUT2D eigenvalue weighted by Crippen LogP contribution is 2.33. The number of methoxy groups -OCH3 is 1. The highest BCUT2D eigenvalue weighted by molar-refractivity contribution is 14.1. The molecule has 0 heterocycles. The molecule has 0 aromatic heterocycles. The number of rotatable bonds is 10. The van der Waals surface area contributed by atoms with Gasteiger partial charge in [-0.1, -0.05) is 31.5 Å². The molecule has 9 nitrogen and oxygen atoms in total. The van der Waals surface area contributed by atoms with E-state index in [1.54, 1.807) is 44.2 Å². The molecule has 0 aliphatic heterocycles. The van der Waals surface area contributed by atoms with Crippen molar-refractivity contribution < 1.29 is 29.0 Å². The molecule has 0 saturated heterocycles. The molecule has 0 radical (unpaired) electrons. The molecule has 1 atom stereocenters. The maximum absolute atomic E-state index is 12.6. The van der Waals surface area contributed by atoms with Crippen LogP contribution in [0.1, 0.15) is 29.8 Å². The number of hydrogen-bond acceptors (Lipinski definition) is 6. The average molecular weight is 588 g/mol. The number of halogens is 2. The number of hydrazone groups is 1.